The van der Waals surface area contributed by atoms with E-state index in [1.807, 2.05) is 11.8 Å². The number of nitrogens with zero attached hydrogens (tertiary/aromatic N) is 1. The first-order valence-electron chi connectivity index (χ1n) is 21.6. The van der Waals surface area contributed by atoms with Crippen molar-refractivity contribution >= 4 is 39.6 Å². The van der Waals surface area contributed by atoms with Crippen molar-refractivity contribution in [3.8, 4) is 33.4 Å². The van der Waals surface area contributed by atoms with Crippen molar-refractivity contribution in [3.63, 3.8) is 0 Å². The molecular formula is C59H43NS. The molecule has 1 nitrogen and oxygen atoms in total. The Hall–Kier alpha value is -6.61. The summed E-state index contributed by atoms with van der Waals surface area (Å²) in [5.74, 6) is 0. The van der Waals surface area contributed by atoms with E-state index in [0.29, 0.717) is 0 Å². The summed E-state index contributed by atoms with van der Waals surface area (Å²) < 4.78 is 0. The van der Waals surface area contributed by atoms with Crippen LogP contribution in [0.3, 0.4) is 0 Å². The minimum Gasteiger partial charge on any atom is -0.310 e. The molecular weight excluding hydrogens is 755 g/mol. The van der Waals surface area contributed by atoms with Gasteiger partial charge >= 0.3 is 0 Å². The van der Waals surface area contributed by atoms with Gasteiger partial charge in [0, 0.05) is 37.7 Å². The minimum absolute atomic E-state index is 0.124. The number of fused-ring (bicyclic) bond motifs is 17. The monoisotopic (exact) mass is 797 g/mol. The average Bonchev–Trinajstić information content (AvgIpc) is 3.81. The molecule has 2 heteroatoms. The number of hydrogen-bond donors (Lipinski definition) is 0. The van der Waals surface area contributed by atoms with Gasteiger partial charge in [-0.25, -0.2) is 0 Å². The summed E-state index contributed by atoms with van der Waals surface area (Å²) in [6.07, 6.45) is 0. The molecule has 61 heavy (non-hydrogen) atoms. The molecule has 13 rings (SSSR count). The Morgan fingerprint density at radius 2 is 0.770 bits per heavy atom. The van der Waals surface area contributed by atoms with E-state index in [1.54, 1.807) is 0 Å². The SMILES string of the molecule is CC1(C)c2ccccc2-c2ccc(N(c3ccc4c(c3)Sc3c(ccc5ccccc35)C43c4ccccc4-c4ccccc43)c3ccc4c(c3)C(C)(C)c3ccccc3-4)cc21. The molecule has 0 saturated carbocycles. The number of benzene rings is 9. The second-order valence-electron chi connectivity index (χ2n) is 18.4. The van der Waals surface area contributed by atoms with E-state index >= 15 is 0 Å². The smallest absolute Gasteiger partial charge is 0.0735 e. The van der Waals surface area contributed by atoms with Gasteiger partial charge in [-0.15, -0.1) is 0 Å². The molecule has 0 saturated heterocycles. The molecule has 9 aromatic rings. The molecule has 4 aliphatic rings. The summed E-state index contributed by atoms with van der Waals surface area (Å²) in [6, 6.07) is 71.6. The van der Waals surface area contributed by atoms with Crippen LogP contribution in [0.1, 0.15) is 72.2 Å². The normalized spacial score (nSPS) is 15.9. The molecule has 0 bridgehead atoms. The highest BCUT2D eigenvalue weighted by molar-refractivity contribution is 7.99. The van der Waals surface area contributed by atoms with Gasteiger partial charge in [-0.2, -0.15) is 0 Å². The van der Waals surface area contributed by atoms with E-state index in [9.17, 15) is 0 Å². The largest absolute Gasteiger partial charge is 0.310 e. The van der Waals surface area contributed by atoms with Crippen LogP contribution in [-0.2, 0) is 16.2 Å². The molecule has 3 aliphatic carbocycles. The van der Waals surface area contributed by atoms with E-state index in [0.717, 1.165) is 5.69 Å². The van der Waals surface area contributed by atoms with Gasteiger partial charge in [0.15, 0.2) is 0 Å². The van der Waals surface area contributed by atoms with E-state index in [1.165, 1.54) is 110 Å². The highest BCUT2D eigenvalue weighted by atomic mass is 32.2. The molecule has 0 amide bonds. The van der Waals surface area contributed by atoms with Crippen LogP contribution >= 0.6 is 11.8 Å². The van der Waals surface area contributed by atoms with Crippen LogP contribution in [-0.4, -0.2) is 0 Å². The van der Waals surface area contributed by atoms with Gasteiger partial charge in [-0.05, 0) is 125 Å². The molecule has 0 aromatic heterocycles. The topological polar surface area (TPSA) is 3.24 Å². The summed E-state index contributed by atoms with van der Waals surface area (Å²) in [6.45, 7) is 9.54. The van der Waals surface area contributed by atoms with Crippen molar-refractivity contribution in [3.05, 3.63) is 233 Å². The fourth-order valence-corrected chi connectivity index (χ4v) is 13.2. The fourth-order valence-electron chi connectivity index (χ4n) is 11.9. The van der Waals surface area contributed by atoms with Crippen LogP contribution in [0.4, 0.5) is 17.1 Å². The van der Waals surface area contributed by atoms with E-state index in [4.69, 9.17) is 0 Å². The first-order valence-corrected chi connectivity index (χ1v) is 22.4. The standard InChI is InChI=1S/C59H43NS/c1-57(2)47-21-11-7-17-41(47)45-29-26-37(33-53(45)57)60(38-27-30-46-42-18-8-12-22-48(42)58(3,4)54(46)34-38)39-28-32-51-55(35-39)61-56-40-16-6-5-15-36(40)25-31-52(56)59(51)49-23-13-9-19-43(49)44-20-10-14-24-50(44)59/h5-35H,1-4H3. The average molecular weight is 798 g/mol. The maximum Gasteiger partial charge on any atom is 0.0735 e. The Bertz CT molecular complexity index is 3210. The van der Waals surface area contributed by atoms with Crippen molar-refractivity contribution in [1.29, 1.82) is 0 Å². The van der Waals surface area contributed by atoms with Crippen LogP contribution in [0.25, 0.3) is 44.2 Å². The van der Waals surface area contributed by atoms with Crippen LogP contribution in [0.15, 0.2) is 198 Å². The van der Waals surface area contributed by atoms with Gasteiger partial charge in [0.1, 0.15) is 0 Å². The zero-order chi connectivity index (χ0) is 40.8. The third kappa shape index (κ3) is 4.53. The summed E-state index contributed by atoms with van der Waals surface area (Å²) in [5, 5.41) is 2.58. The van der Waals surface area contributed by atoms with Crippen molar-refractivity contribution in [2.45, 2.75) is 53.7 Å². The van der Waals surface area contributed by atoms with Crippen molar-refractivity contribution in [2.75, 3.05) is 4.90 Å². The first kappa shape index (κ1) is 35.2. The second kappa shape index (κ2) is 12.2. The molecule has 0 fully saturated rings. The quantitative estimate of drug-likeness (QED) is 0.175. The predicted molar refractivity (Wildman–Crippen MR) is 255 cm³/mol. The lowest BCUT2D eigenvalue weighted by molar-refractivity contribution is 0.660. The predicted octanol–water partition coefficient (Wildman–Crippen LogP) is 15.7. The summed E-state index contributed by atoms with van der Waals surface area (Å²) in [5.41, 5.74) is 21.8. The molecule has 0 N–H and O–H groups in total. The van der Waals surface area contributed by atoms with Gasteiger partial charge in [-0.1, -0.05) is 191 Å². The molecule has 0 unspecified atom stereocenters. The van der Waals surface area contributed by atoms with Gasteiger partial charge in [0.05, 0.1) is 5.41 Å². The summed E-state index contributed by atoms with van der Waals surface area (Å²) >= 11 is 1.94. The summed E-state index contributed by atoms with van der Waals surface area (Å²) in [4.78, 5) is 5.16. The Morgan fingerprint density at radius 1 is 0.344 bits per heavy atom. The molecule has 290 valence electrons. The van der Waals surface area contributed by atoms with Crippen LogP contribution in [0.2, 0.25) is 0 Å². The van der Waals surface area contributed by atoms with Gasteiger partial charge < -0.3 is 4.90 Å². The molecule has 1 aliphatic heterocycles. The first-order chi connectivity index (χ1) is 29.8. The van der Waals surface area contributed by atoms with Crippen molar-refractivity contribution in [2.24, 2.45) is 0 Å². The maximum absolute atomic E-state index is 2.53. The Morgan fingerprint density at radius 3 is 1.34 bits per heavy atom. The second-order valence-corrected chi connectivity index (χ2v) is 19.5. The summed E-state index contributed by atoms with van der Waals surface area (Å²) in [7, 11) is 0. The molecule has 1 spiro atoms. The number of anilines is 3. The van der Waals surface area contributed by atoms with Crippen LogP contribution in [0, 0.1) is 0 Å². The van der Waals surface area contributed by atoms with Gasteiger partial charge in [-0.3, -0.25) is 0 Å². The zero-order valence-electron chi connectivity index (χ0n) is 34.8. The van der Waals surface area contributed by atoms with Crippen LogP contribution in [0.5, 0.6) is 0 Å². The molecule has 9 aromatic carbocycles. The van der Waals surface area contributed by atoms with E-state index in [-0.39, 0.29) is 10.8 Å². The number of hydrogen-bond acceptors (Lipinski definition) is 2. The Labute approximate surface area is 362 Å². The number of rotatable bonds is 3. The Balaban J connectivity index is 1.07. The lowest BCUT2D eigenvalue weighted by Gasteiger charge is -2.40. The third-order valence-electron chi connectivity index (χ3n) is 14.7. The molecule has 1 heterocycles. The highest BCUT2D eigenvalue weighted by Crippen LogP contribution is 2.64. The maximum atomic E-state index is 2.53. The van der Waals surface area contributed by atoms with Gasteiger partial charge in [0.2, 0.25) is 0 Å². The van der Waals surface area contributed by atoms with Crippen LogP contribution < -0.4 is 4.90 Å². The highest BCUT2D eigenvalue weighted by Gasteiger charge is 2.50. The fraction of sp³-hybridized carbons (Fsp3) is 0.119. The zero-order valence-corrected chi connectivity index (χ0v) is 35.6. The molecule has 0 radical (unpaired) electrons. The van der Waals surface area contributed by atoms with Crippen molar-refractivity contribution in [1.82, 2.24) is 0 Å². The minimum atomic E-state index is -0.455. The Kier molecular flexibility index (Phi) is 7.06. The van der Waals surface area contributed by atoms with E-state index < -0.39 is 5.41 Å². The van der Waals surface area contributed by atoms with Gasteiger partial charge in [0.25, 0.3) is 0 Å². The third-order valence-corrected chi connectivity index (χ3v) is 15.9. The van der Waals surface area contributed by atoms with E-state index in [2.05, 4.69) is 221 Å². The van der Waals surface area contributed by atoms with Crippen molar-refractivity contribution < 1.29 is 0 Å². The molecule has 0 atom stereocenters. The lowest BCUT2D eigenvalue weighted by atomic mass is 9.67. The lowest BCUT2D eigenvalue weighted by Crippen LogP contribution is -2.32.